The first-order valence-corrected chi connectivity index (χ1v) is 7.09. The average Bonchev–Trinajstić information content (AvgIpc) is 2.88. The van der Waals surface area contributed by atoms with Gasteiger partial charge >= 0.3 is 0 Å². The Bertz CT molecular complexity index is 792. The molecular formula is C17H14ClNO2. The average molecular weight is 300 g/mol. The topological polar surface area (TPSA) is 35.3 Å². The maximum Gasteiger partial charge on any atom is 0.220 e. The molecule has 3 rings (SSSR count). The van der Waals surface area contributed by atoms with Crippen LogP contribution in [0.2, 0.25) is 5.02 Å². The molecule has 4 heteroatoms. The molecule has 0 bridgehead atoms. The van der Waals surface area contributed by atoms with E-state index in [0.717, 1.165) is 22.4 Å². The fraction of sp³-hybridized carbons (Fsp3) is 0.118. The van der Waals surface area contributed by atoms with E-state index in [1.165, 1.54) is 0 Å². The zero-order valence-electron chi connectivity index (χ0n) is 11.5. The van der Waals surface area contributed by atoms with Gasteiger partial charge in [-0.15, -0.1) is 0 Å². The number of hydrogen-bond donors (Lipinski definition) is 0. The van der Waals surface area contributed by atoms with Crippen LogP contribution in [-0.2, 0) is 0 Å². The van der Waals surface area contributed by atoms with Crippen LogP contribution in [0.4, 0.5) is 0 Å². The zero-order chi connectivity index (χ0) is 14.7. The first kappa shape index (κ1) is 13.7. The Morgan fingerprint density at radius 2 is 2.10 bits per heavy atom. The minimum Gasteiger partial charge on any atom is -0.494 e. The lowest BCUT2D eigenvalue weighted by Gasteiger charge is -2.02. The van der Waals surface area contributed by atoms with Gasteiger partial charge in [-0.25, -0.2) is 4.98 Å². The monoisotopic (exact) mass is 299 g/mol. The van der Waals surface area contributed by atoms with E-state index in [1.807, 2.05) is 49.4 Å². The number of nitrogens with zero attached hydrogens (tertiary/aromatic N) is 1. The smallest absolute Gasteiger partial charge is 0.220 e. The van der Waals surface area contributed by atoms with Gasteiger partial charge in [0.25, 0.3) is 0 Å². The fourth-order valence-corrected chi connectivity index (χ4v) is 2.20. The van der Waals surface area contributed by atoms with Gasteiger partial charge in [0.2, 0.25) is 5.89 Å². The molecule has 0 fully saturated rings. The van der Waals surface area contributed by atoms with Gasteiger partial charge in [0, 0.05) is 11.1 Å². The van der Waals surface area contributed by atoms with Crippen LogP contribution in [0.5, 0.6) is 5.75 Å². The molecule has 0 unspecified atom stereocenters. The van der Waals surface area contributed by atoms with E-state index >= 15 is 0 Å². The summed E-state index contributed by atoms with van der Waals surface area (Å²) in [4.78, 5) is 4.38. The summed E-state index contributed by atoms with van der Waals surface area (Å²) in [5.41, 5.74) is 2.51. The van der Waals surface area contributed by atoms with Gasteiger partial charge in [-0.1, -0.05) is 23.7 Å². The molecule has 2 aromatic carbocycles. The number of aromatic nitrogens is 1. The number of benzene rings is 2. The molecule has 3 nitrogen and oxygen atoms in total. The van der Waals surface area contributed by atoms with Crippen molar-refractivity contribution in [2.24, 2.45) is 0 Å². The van der Waals surface area contributed by atoms with Crippen LogP contribution in [0.1, 0.15) is 18.4 Å². The second-order valence-electron chi connectivity index (χ2n) is 4.50. The number of rotatable bonds is 4. The number of oxazole rings is 1. The summed E-state index contributed by atoms with van der Waals surface area (Å²) in [6.45, 7) is 2.62. The minimum absolute atomic E-state index is 0.550. The molecule has 0 aliphatic heterocycles. The normalized spacial score (nSPS) is 11.3. The molecule has 0 saturated carbocycles. The number of halogens is 1. The second kappa shape index (κ2) is 6.02. The first-order valence-electron chi connectivity index (χ1n) is 6.71. The Morgan fingerprint density at radius 3 is 2.95 bits per heavy atom. The van der Waals surface area contributed by atoms with Crippen LogP contribution < -0.4 is 4.74 Å². The lowest BCUT2D eigenvalue weighted by Crippen LogP contribution is -1.90. The standard InChI is InChI=1S/C17H14ClNO2/c1-2-20-14-5-3-4-12(10-14)6-9-17-19-15-11-13(18)7-8-16(15)21-17/h3-11H,2H2,1H3/b9-6+. The van der Waals surface area contributed by atoms with Crippen molar-refractivity contribution in [1.29, 1.82) is 0 Å². The van der Waals surface area contributed by atoms with E-state index < -0.39 is 0 Å². The van der Waals surface area contributed by atoms with Crippen LogP contribution in [0.25, 0.3) is 23.3 Å². The lowest BCUT2D eigenvalue weighted by molar-refractivity contribution is 0.340. The summed E-state index contributed by atoms with van der Waals surface area (Å²) in [5.74, 6) is 1.40. The molecule has 0 atom stereocenters. The van der Waals surface area contributed by atoms with Crippen molar-refractivity contribution < 1.29 is 9.15 Å². The highest BCUT2D eigenvalue weighted by atomic mass is 35.5. The summed E-state index contributed by atoms with van der Waals surface area (Å²) in [7, 11) is 0. The Balaban J connectivity index is 1.85. The van der Waals surface area contributed by atoms with E-state index in [1.54, 1.807) is 12.1 Å². The van der Waals surface area contributed by atoms with E-state index in [9.17, 15) is 0 Å². The largest absolute Gasteiger partial charge is 0.494 e. The third kappa shape index (κ3) is 3.26. The molecule has 3 aromatic rings. The van der Waals surface area contributed by atoms with Crippen LogP contribution in [0.15, 0.2) is 46.9 Å². The third-order valence-electron chi connectivity index (χ3n) is 2.95. The summed E-state index contributed by atoms with van der Waals surface area (Å²) >= 11 is 5.93. The SMILES string of the molecule is CCOc1cccc(/C=C/c2nc3cc(Cl)ccc3o2)c1. The molecule has 1 aromatic heterocycles. The third-order valence-corrected chi connectivity index (χ3v) is 3.19. The van der Waals surface area contributed by atoms with Crippen molar-refractivity contribution in [3.05, 3.63) is 58.9 Å². The highest BCUT2D eigenvalue weighted by Gasteiger charge is 2.03. The van der Waals surface area contributed by atoms with Gasteiger partial charge in [0.05, 0.1) is 6.61 Å². The van der Waals surface area contributed by atoms with Crippen molar-refractivity contribution >= 4 is 34.9 Å². The van der Waals surface area contributed by atoms with Gasteiger partial charge in [0.1, 0.15) is 11.3 Å². The number of hydrogen-bond acceptors (Lipinski definition) is 3. The Morgan fingerprint density at radius 1 is 1.19 bits per heavy atom. The second-order valence-corrected chi connectivity index (χ2v) is 4.94. The summed E-state index contributed by atoms with van der Waals surface area (Å²) < 4.78 is 11.1. The van der Waals surface area contributed by atoms with Crippen molar-refractivity contribution in [3.8, 4) is 5.75 Å². The molecule has 0 saturated heterocycles. The molecule has 0 aliphatic rings. The maximum atomic E-state index is 5.93. The molecule has 0 N–H and O–H groups in total. The van der Waals surface area contributed by atoms with Crippen LogP contribution in [-0.4, -0.2) is 11.6 Å². The van der Waals surface area contributed by atoms with Crippen molar-refractivity contribution in [1.82, 2.24) is 4.98 Å². The van der Waals surface area contributed by atoms with Crippen LogP contribution >= 0.6 is 11.6 Å². The predicted octanol–water partition coefficient (Wildman–Crippen LogP) is 5.05. The minimum atomic E-state index is 0.550. The molecule has 1 heterocycles. The molecular weight excluding hydrogens is 286 g/mol. The van der Waals surface area contributed by atoms with Crippen molar-refractivity contribution in [2.45, 2.75) is 6.92 Å². The van der Waals surface area contributed by atoms with E-state index in [0.29, 0.717) is 17.5 Å². The highest BCUT2D eigenvalue weighted by molar-refractivity contribution is 6.31. The quantitative estimate of drug-likeness (QED) is 0.676. The van der Waals surface area contributed by atoms with Crippen LogP contribution in [0.3, 0.4) is 0 Å². The molecule has 0 aliphatic carbocycles. The number of ether oxygens (including phenoxy) is 1. The molecule has 0 spiro atoms. The van der Waals surface area contributed by atoms with E-state index in [-0.39, 0.29) is 0 Å². The summed E-state index contributed by atoms with van der Waals surface area (Å²) in [5, 5.41) is 0.649. The first-order chi connectivity index (χ1) is 10.2. The summed E-state index contributed by atoms with van der Waals surface area (Å²) in [6.07, 6.45) is 3.77. The molecule has 0 amide bonds. The van der Waals surface area contributed by atoms with Gasteiger partial charge in [-0.3, -0.25) is 0 Å². The Kier molecular flexibility index (Phi) is 3.93. The van der Waals surface area contributed by atoms with Gasteiger partial charge in [-0.05, 0) is 48.9 Å². The number of fused-ring (bicyclic) bond motifs is 1. The van der Waals surface area contributed by atoms with Crippen molar-refractivity contribution in [2.75, 3.05) is 6.61 Å². The highest BCUT2D eigenvalue weighted by Crippen LogP contribution is 2.21. The Hall–Kier alpha value is -2.26. The molecule has 0 radical (unpaired) electrons. The molecule has 21 heavy (non-hydrogen) atoms. The zero-order valence-corrected chi connectivity index (χ0v) is 12.3. The van der Waals surface area contributed by atoms with Crippen LogP contribution in [0, 0.1) is 0 Å². The fourth-order valence-electron chi connectivity index (χ4n) is 2.03. The lowest BCUT2D eigenvalue weighted by atomic mass is 10.2. The molecule has 106 valence electrons. The Labute approximate surface area is 127 Å². The van der Waals surface area contributed by atoms with E-state index in [2.05, 4.69) is 4.98 Å². The summed E-state index contributed by atoms with van der Waals surface area (Å²) in [6, 6.07) is 13.2. The van der Waals surface area contributed by atoms with Gasteiger partial charge < -0.3 is 9.15 Å². The van der Waals surface area contributed by atoms with Gasteiger partial charge in [-0.2, -0.15) is 0 Å². The van der Waals surface area contributed by atoms with Crippen molar-refractivity contribution in [3.63, 3.8) is 0 Å². The maximum absolute atomic E-state index is 5.93. The van der Waals surface area contributed by atoms with E-state index in [4.69, 9.17) is 20.8 Å². The van der Waals surface area contributed by atoms with Gasteiger partial charge in [0.15, 0.2) is 5.58 Å². The predicted molar refractivity (Wildman–Crippen MR) is 85.6 cm³/mol.